The molecule has 0 amide bonds. The summed E-state index contributed by atoms with van der Waals surface area (Å²) in [4.78, 5) is 12.5. The van der Waals surface area contributed by atoms with E-state index in [9.17, 15) is 4.79 Å². The van der Waals surface area contributed by atoms with E-state index in [1.54, 1.807) is 0 Å². The third-order valence-corrected chi connectivity index (χ3v) is 3.89. The first-order valence-corrected chi connectivity index (χ1v) is 6.46. The monoisotopic (exact) mass is 253 g/mol. The Hall–Kier alpha value is -2.13. The summed E-state index contributed by atoms with van der Waals surface area (Å²) < 4.78 is 0.930. The highest BCUT2D eigenvalue weighted by Gasteiger charge is 2.11. The van der Waals surface area contributed by atoms with E-state index in [1.165, 1.54) is 11.3 Å². The number of fused-ring (bicyclic) bond motifs is 1. The van der Waals surface area contributed by atoms with E-state index in [-0.39, 0.29) is 5.43 Å². The lowest BCUT2D eigenvalue weighted by Crippen LogP contribution is -2.07. The topological polar surface area (TPSA) is 43.1 Å². The van der Waals surface area contributed by atoms with Crippen LogP contribution in [0, 0.1) is 0 Å². The Morgan fingerprint density at radius 1 is 0.889 bits per heavy atom. The molecule has 3 heteroatoms. The molecule has 3 aromatic rings. The molecule has 2 aromatic carbocycles. The molecule has 88 valence electrons. The summed E-state index contributed by atoms with van der Waals surface area (Å²) in [5.41, 5.74) is 7.53. The molecular weight excluding hydrogens is 242 g/mol. The number of nitrogens with two attached hydrogens (primary N) is 1. The predicted octanol–water partition coefficient (Wildman–Crippen LogP) is 3.51. The van der Waals surface area contributed by atoms with Gasteiger partial charge in [-0.05, 0) is 17.7 Å². The smallest absolute Gasteiger partial charge is 0.197 e. The second-order valence-corrected chi connectivity index (χ2v) is 5.12. The zero-order chi connectivity index (χ0) is 12.5. The van der Waals surface area contributed by atoms with Crippen molar-refractivity contribution in [3.05, 3.63) is 64.8 Å². The summed E-state index contributed by atoms with van der Waals surface area (Å²) in [6.07, 6.45) is 0. The Balaban J connectivity index is 2.41. The van der Waals surface area contributed by atoms with Gasteiger partial charge in [0.2, 0.25) is 0 Å². The summed E-state index contributed by atoms with van der Waals surface area (Å²) >= 11 is 1.46. The van der Waals surface area contributed by atoms with Gasteiger partial charge >= 0.3 is 0 Å². The Labute approximate surface area is 108 Å². The lowest BCUT2D eigenvalue weighted by atomic mass is 10.1. The molecule has 2 nitrogen and oxygen atoms in total. The quantitative estimate of drug-likeness (QED) is 0.721. The van der Waals surface area contributed by atoms with E-state index in [4.69, 9.17) is 5.73 Å². The first kappa shape index (κ1) is 11.0. The maximum absolute atomic E-state index is 12.5. The molecular formula is C15H11NOS. The van der Waals surface area contributed by atoms with Crippen molar-refractivity contribution in [2.75, 3.05) is 5.73 Å². The Morgan fingerprint density at radius 3 is 2.33 bits per heavy atom. The van der Waals surface area contributed by atoms with Crippen molar-refractivity contribution in [3.63, 3.8) is 0 Å². The molecule has 18 heavy (non-hydrogen) atoms. The largest absolute Gasteiger partial charge is 0.390 e. The summed E-state index contributed by atoms with van der Waals surface area (Å²) in [7, 11) is 0. The molecule has 0 radical (unpaired) electrons. The van der Waals surface area contributed by atoms with E-state index in [2.05, 4.69) is 0 Å². The van der Waals surface area contributed by atoms with Gasteiger partial charge in [0.25, 0.3) is 0 Å². The molecule has 3 rings (SSSR count). The minimum atomic E-state index is 0.00745. The second-order valence-electron chi connectivity index (χ2n) is 4.03. The molecule has 1 heterocycles. The van der Waals surface area contributed by atoms with Gasteiger partial charge in [0, 0.05) is 10.1 Å². The van der Waals surface area contributed by atoms with Crippen LogP contribution in [0.3, 0.4) is 0 Å². The van der Waals surface area contributed by atoms with E-state index >= 15 is 0 Å². The highest BCUT2D eigenvalue weighted by atomic mass is 32.1. The van der Waals surface area contributed by atoms with Crippen LogP contribution in [0.4, 0.5) is 5.00 Å². The van der Waals surface area contributed by atoms with Crippen LogP contribution in [0.2, 0.25) is 0 Å². The Kier molecular flexibility index (Phi) is 2.61. The van der Waals surface area contributed by atoms with Gasteiger partial charge in [0.15, 0.2) is 5.43 Å². The van der Waals surface area contributed by atoms with Crippen molar-refractivity contribution in [1.29, 1.82) is 0 Å². The molecule has 0 saturated heterocycles. The SMILES string of the molecule is Nc1sc2ccccc2c(=O)c1-c1ccccc1. The molecule has 0 spiro atoms. The number of anilines is 1. The normalized spacial score (nSPS) is 10.7. The van der Waals surface area contributed by atoms with Gasteiger partial charge in [0.05, 0.1) is 10.6 Å². The zero-order valence-electron chi connectivity index (χ0n) is 9.59. The first-order chi connectivity index (χ1) is 8.77. The van der Waals surface area contributed by atoms with Gasteiger partial charge < -0.3 is 5.73 Å². The van der Waals surface area contributed by atoms with Crippen LogP contribution in [-0.2, 0) is 0 Å². The molecule has 0 atom stereocenters. The summed E-state index contributed by atoms with van der Waals surface area (Å²) in [5, 5.41) is 1.31. The van der Waals surface area contributed by atoms with Gasteiger partial charge in [-0.25, -0.2) is 0 Å². The van der Waals surface area contributed by atoms with Crippen LogP contribution in [-0.4, -0.2) is 0 Å². The van der Waals surface area contributed by atoms with Crippen molar-refractivity contribution >= 4 is 26.4 Å². The van der Waals surface area contributed by atoms with E-state index in [0.29, 0.717) is 10.6 Å². The third kappa shape index (κ3) is 1.69. The molecule has 0 aliphatic heterocycles. The average molecular weight is 253 g/mol. The standard InChI is InChI=1S/C15H11NOS/c16-15-13(10-6-2-1-3-7-10)14(17)11-8-4-5-9-12(11)18-15/h1-9H,16H2. The van der Waals surface area contributed by atoms with Gasteiger partial charge in [0.1, 0.15) is 0 Å². The van der Waals surface area contributed by atoms with Crippen molar-refractivity contribution < 1.29 is 0 Å². The fourth-order valence-electron chi connectivity index (χ4n) is 2.04. The van der Waals surface area contributed by atoms with Crippen LogP contribution in [0.1, 0.15) is 0 Å². The van der Waals surface area contributed by atoms with Crippen LogP contribution in [0.15, 0.2) is 59.4 Å². The average Bonchev–Trinajstić information content (AvgIpc) is 2.40. The van der Waals surface area contributed by atoms with E-state index in [0.717, 1.165) is 15.6 Å². The number of benzene rings is 2. The maximum atomic E-state index is 12.5. The number of nitrogen functional groups attached to an aromatic ring is 1. The molecule has 0 saturated carbocycles. The van der Waals surface area contributed by atoms with Gasteiger partial charge in [-0.15, -0.1) is 11.3 Å². The molecule has 2 N–H and O–H groups in total. The number of rotatable bonds is 1. The van der Waals surface area contributed by atoms with Crippen LogP contribution >= 0.6 is 11.3 Å². The number of hydrogen-bond donors (Lipinski definition) is 1. The zero-order valence-corrected chi connectivity index (χ0v) is 10.4. The summed E-state index contributed by atoms with van der Waals surface area (Å²) in [6.45, 7) is 0. The first-order valence-electron chi connectivity index (χ1n) is 5.64. The summed E-state index contributed by atoms with van der Waals surface area (Å²) in [5.74, 6) is 0. The van der Waals surface area contributed by atoms with Gasteiger partial charge in [-0.1, -0.05) is 42.5 Å². The molecule has 0 aliphatic rings. The molecule has 0 fully saturated rings. The van der Waals surface area contributed by atoms with E-state index in [1.807, 2.05) is 54.6 Å². The fourth-order valence-corrected chi connectivity index (χ4v) is 3.00. The van der Waals surface area contributed by atoms with Crippen LogP contribution in [0.5, 0.6) is 0 Å². The van der Waals surface area contributed by atoms with Crippen LogP contribution in [0.25, 0.3) is 21.2 Å². The molecule has 0 unspecified atom stereocenters. The second kappa shape index (κ2) is 4.27. The van der Waals surface area contributed by atoms with Crippen molar-refractivity contribution in [1.82, 2.24) is 0 Å². The minimum Gasteiger partial charge on any atom is -0.390 e. The lowest BCUT2D eigenvalue weighted by molar-refractivity contribution is 1.62. The Bertz CT molecular complexity index is 762. The number of hydrogen-bond acceptors (Lipinski definition) is 3. The molecule has 1 aromatic heterocycles. The summed E-state index contributed by atoms with van der Waals surface area (Å²) in [6, 6.07) is 17.1. The van der Waals surface area contributed by atoms with Crippen LogP contribution < -0.4 is 11.2 Å². The van der Waals surface area contributed by atoms with Crippen molar-refractivity contribution in [2.24, 2.45) is 0 Å². The minimum absolute atomic E-state index is 0.00745. The maximum Gasteiger partial charge on any atom is 0.197 e. The third-order valence-electron chi connectivity index (χ3n) is 2.89. The fraction of sp³-hybridized carbons (Fsp3) is 0. The van der Waals surface area contributed by atoms with Crippen molar-refractivity contribution in [2.45, 2.75) is 0 Å². The van der Waals surface area contributed by atoms with E-state index < -0.39 is 0 Å². The van der Waals surface area contributed by atoms with Gasteiger partial charge in [-0.3, -0.25) is 4.79 Å². The highest BCUT2D eigenvalue weighted by Crippen LogP contribution is 2.30. The van der Waals surface area contributed by atoms with Gasteiger partial charge in [-0.2, -0.15) is 0 Å². The molecule has 0 bridgehead atoms. The van der Waals surface area contributed by atoms with Crippen molar-refractivity contribution in [3.8, 4) is 11.1 Å². The molecule has 0 aliphatic carbocycles. The highest BCUT2D eigenvalue weighted by molar-refractivity contribution is 7.22. The Morgan fingerprint density at radius 2 is 1.56 bits per heavy atom. The lowest BCUT2D eigenvalue weighted by Gasteiger charge is -2.06. The predicted molar refractivity (Wildman–Crippen MR) is 77.9 cm³/mol.